The highest BCUT2D eigenvalue weighted by Gasteiger charge is 2.58. The van der Waals surface area contributed by atoms with E-state index in [4.69, 9.17) is 11.6 Å². The fraction of sp³-hybridized carbons (Fsp3) is 0.385. The molecule has 4 fully saturated rings. The molecule has 0 radical (unpaired) electrons. The van der Waals surface area contributed by atoms with E-state index in [9.17, 15) is 5.11 Å². The van der Waals surface area contributed by atoms with Crippen LogP contribution < -0.4 is 0 Å². The van der Waals surface area contributed by atoms with Crippen LogP contribution in [0.4, 0.5) is 0 Å². The van der Waals surface area contributed by atoms with Crippen molar-refractivity contribution in [3.05, 3.63) is 71.2 Å². The van der Waals surface area contributed by atoms with Gasteiger partial charge in [0.15, 0.2) is 0 Å². The normalized spacial score (nSPS) is 33.5. The van der Waals surface area contributed by atoms with E-state index in [1.54, 1.807) is 0 Å². The van der Waals surface area contributed by atoms with Crippen LogP contribution in [0.3, 0.4) is 0 Å². The summed E-state index contributed by atoms with van der Waals surface area (Å²) in [6.07, 6.45) is 6.12. The second-order valence-corrected chi connectivity index (χ2v) is 9.79. The topological polar surface area (TPSA) is 20.2 Å². The molecule has 4 aliphatic rings. The summed E-state index contributed by atoms with van der Waals surface area (Å²) in [5.41, 5.74) is 2.68. The maximum absolute atomic E-state index is 12.4. The standard InChI is InChI=1S/C26H25ClO/c27-22-6-3-5-19(15-22)24-9-8-18-4-1-2-7-23(18)25(24)26(28)20-11-16-10-17(13-20)14-21(26)12-16/h1-9,15-17,20-21,28H,10-14H2. The maximum atomic E-state index is 12.4. The predicted octanol–water partition coefficient (Wildman–Crippen LogP) is 6.80. The molecule has 4 saturated carbocycles. The molecule has 4 bridgehead atoms. The van der Waals surface area contributed by atoms with Crippen molar-refractivity contribution in [1.82, 2.24) is 0 Å². The first-order valence-electron chi connectivity index (χ1n) is 10.6. The zero-order valence-corrected chi connectivity index (χ0v) is 16.7. The maximum Gasteiger partial charge on any atom is 0.0964 e. The molecule has 0 spiro atoms. The van der Waals surface area contributed by atoms with Crippen LogP contribution in [0.25, 0.3) is 21.9 Å². The van der Waals surface area contributed by atoms with Crippen molar-refractivity contribution in [2.45, 2.75) is 37.7 Å². The Bertz CT molecular complexity index is 1040. The lowest BCUT2D eigenvalue weighted by molar-refractivity contribution is -0.178. The second-order valence-electron chi connectivity index (χ2n) is 9.35. The first-order chi connectivity index (χ1) is 13.6. The average molecular weight is 389 g/mol. The Hall–Kier alpha value is -1.83. The summed E-state index contributed by atoms with van der Waals surface area (Å²) in [4.78, 5) is 0. The van der Waals surface area contributed by atoms with Crippen LogP contribution in [0.1, 0.15) is 37.7 Å². The van der Waals surface area contributed by atoms with E-state index in [-0.39, 0.29) is 0 Å². The lowest BCUT2D eigenvalue weighted by Crippen LogP contribution is -2.55. The molecule has 3 aromatic carbocycles. The van der Waals surface area contributed by atoms with E-state index in [0.717, 1.165) is 33.5 Å². The highest BCUT2D eigenvalue weighted by molar-refractivity contribution is 6.30. The minimum atomic E-state index is -0.730. The van der Waals surface area contributed by atoms with Crippen molar-refractivity contribution in [1.29, 1.82) is 0 Å². The van der Waals surface area contributed by atoms with E-state index in [0.29, 0.717) is 11.8 Å². The highest BCUT2D eigenvalue weighted by Crippen LogP contribution is 2.63. The molecule has 0 amide bonds. The van der Waals surface area contributed by atoms with Crippen LogP contribution in [0.2, 0.25) is 5.02 Å². The molecule has 4 aliphatic carbocycles. The van der Waals surface area contributed by atoms with Crippen LogP contribution in [-0.4, -0.2) is 5.11 Å². The highest BCUT2D eigenvalue weighted by atomic mass is 35.5. The van der Waals surface area contributed by atoms with Gasteiger partial charge in [0, 0.05) is 5.02 Å². The number of hydrogen-bond acceptors (Lipinski definition) is 1. The molecule has 142 valence electrons. The number of halogens is 1. The number of hydrogen-bond donors (Lipinski definition) is 1. The summed E-state index contributed by atoms with van der Waals surface area (Å²) in [6, 6.07) is 21.0. The molecule has 3 aromatic rings. The van der Waals surface area contributed by atoms with Gasteiger partial charge in [-0.25, -0.2) is 0 Å². The molecule has 0 aromatic heterocycles. The van der Waals surface area contributed by atoms with E-state index >= 15 is 0 Å². The summed E-state index contributed by atoms with van der Waals surface area (Å²) in [6.45, 7) is 0. The number of rotatable bonds is 2. The van der Waals surface area contributed by atoms with Gasteiger partial charge in [-0.15, -0.1) is 0 Å². The van der Waals surface area contributed by atoms with E-state index in [1.165, 1.54) is 42.9 Å². The molecule has 28 heavy (non-hydrogen) atoms. The molecule has 0 atom stereocenters. The molecule has 7 rings (SSSR count). The van der Waals surface area contributed by atoms with Gasteiger partial charge in [0.1, 0.15) is 0 Å². The molecule has 1 N–H and O–H groups in total. The molecular formula is C26H25ClO. The minimum Gasteiger partial charge on any atom is -0.385 e. The van der Waals surface area contributed by atoms with Gasteiger partial charge in [-0.3, -0.25) is 0 Å². The van der Waals surface area contributed by atoms with Gasteiger partial charge in [0.2, 0.25) is 0 Å². The third kappa shape index (κ3) is 2.36. The van der Waals surface area contributed by atoms with E-state index < -0.39 is 5.60 Å². The van der Waals surface area contributed by atoms with Gasteiger partial charge in [-0.1, -0.05) is 60.1 Å². The molecule has 0 saturated heterocycles. The Morgan fingerprint density at radius 3 is 2.21 bits per heavy atom. The van der Waals surface area contributed by atoms with Crippen molar-refractivity contribution < 1.29 is 5.11 Å². The van der Waals surface area contributed by atoms with Crippen LogP contribution in [0.15, 0.2) is 60.7 Å². The van der Waals surface area contributed by atoms with Gasteiger partial charge in [-0.2, -0.15) is 0 Å². The number of aliphatic hydroxyl groups is 1. The van der Waals surface area contributed by atoms with Gasteiger partial charge in [0.05, 0.1) is 5.60 Å². The fourth-order valence-electron chi connectivity index (χ4n) is 6.91. The third-order valence-electron chi connectivity index (χ3n) is 7.85. The predicted molar refractivity (Wildman–Crippen MR) is 115 cm³/mol. The summed E-state index contributed by atoms with van der Waals surface area (Å²) in [5.74, 6) is 2.42. The van der Waals surface area contributed by atoms with Crippen molar-refractivity contribution >= 4 is 22.4 Å². The lowest BCUT2D eigenvalue weighted by Gasteiger charge is -2.59. The average Bonchev–Trinajstić information content (AvgIpc) is 2.70. The monoisotopic (exact) mass is 388 g/mol. The van der Waals surface area contributed by atoms with Crippen molar-refractivity contribution in [2.75, 3.05) is 0 Å². The van der Waals surface area contributed by atoms with Crippen LogP contribution >= 0.6 is 11.6 Å². The Balaban J connectivity index is 1.64. The van der Waals surface area contributed by atoms with Crippen molar-refractivity contribution in [3.63, 3.8) is 0 Å². The lowest BCUT2D eigenvalue weighted by atomic mass is 9.48. The van der Waals surface area contributed by atoms with Gasteiger partial charge in [-0.05, 0) is 95.4 Å². The Kier molecular flexibility index (Phi) is 3.71. The van der Waals surface area contributed by atoms with Gasteiger partial charge >= 0.3 is 0 Å². The molecule has 0 unspecified atom stereocenters. The van der Waals surface area contributed by atoms with Crippen LogP contribution in [-0.2, 0) is 5.60 Å². The summed E-state index contributed by atoms with van der Waals surface area (Å²) in [7, 11) is 0. The Morgan fingerprint density at radius 1 is 0.786 bits per heavy atom. The quantitative estimate of drug-likeness (QED) is 0.511. The summed E-state index contributed by atoms with van der Waals surface area (Å²) < 4.78 is 0. The zero-order valence-electron chi connectivity index (χ0n) is 15.9. The fourth-order valence-corrected chi connectivity index (χ4v) is 7.10. The molecule has 1 nitrogen and oxygen atoms in total. The van der Waals surface area contributed by atoms with Gasteiger partial charge in [0.25, 0.3) is 0 Å². The molecular weight excluding hydrogens is 364 g/mol. The molecule has 0 aliphatic heterocycles. The first kappa shape index (κ1) is 17.1. The molecule has 2 heteroatoms. The van der Waals surface area contributed by atoms with Crippen molar-refractivity contribution in [2.24, 2.45) is 23.7 Å². The zero-order chi connectivity index (χ0) is 18.9. The van der Waals surface area contributed by atoms with Crippen LogP contribution in [0.5, 0.6) is 0 Å². The summed E-state index contributed by atoms with van der Waals surface area (Å²) in [5, 5.41) is 15.6. The third-order valence-corrected chi connectivity index (χ3v) is 8.08. The summed E-state index contributed by atoms with van der Waals surface area (Å²) >= 11 is 6.34. The Morgan fingerprint density at radius 2 is 1.50 bits per heavy atom. The number of fused-ring (bicyclic) bond motifs is 1. The second kappa shape index (κ2) is 6.08. The van der Waals surface area contributed by atoms with Crippen molar-refractivity contribution in [3.8, 4) is 11.1 Å². The van der Waals surface area contributed by atoms with E-state index in [2.05, 4.69) is 42.5 Å². The number of benzene rings is 3. The minimum absolute atomic E-state index is 0.382. The van der Waals surface area contributed by atoms with E-state index in [1.807, 2.05) is 18.2 Å². The van der Waals surface area contributed by atoms with Crippen LogP contribution in [0, 0.1) is 23.7 Å². The Labute approximate surface area is 171 Å². The SMILES string of the molecule is OC1(c2c(-c3cccc(Cl)c3)ccc3ccccc23)C2CC3CC(C2)CC1C3. The first-order valence-corrected chi connectivity index (χ1v) is 11.0. The largest absolute Gasteiger partial charge is 0.385 e. The smallest absolute Gasteiger partial charge is 0.0964 e. The molecule has 0 heterocycles. The van der Waals surface area contributed by atoms with Gasteiger partial charge < -0.3 is 5.11 Å².